The van der Waals surface area contributed by atoms with Gasteiger partial charge >= 0.3 is 0 Å². The van der Waals surface area contributed by atoms with Crippen molar-refractivity contribution in [3.63, 3.8) is 0 Å². The number of rotatable bonds is 2. The number of amides is 1. The van der Waals surface area contributed by atoms with Crippen molar-refractivity contribution in [3.8, 4) is 11.1 Å². The van der Waals surface area contributed by atoms with E-state index in [1.807, 2.05) is 35.2 Å². The average molecular weight is 281 g/mol. The molecule has 2 heterocycles. The van der Waals surface area contributed by atoms with Crippen LogP contribution in [-0.4, -0.2) is 42.0 Å². The van der Waals surface area contributed by atoms with Crippen molar-refractivity contribution in [3.05, 3.63) is 48.2 Å². The largest absolute Gasteiger partial charge is 0.383 e. The third-order valence-corrected chi connectivity index (χ3v) is 3.56. The van der Waals surface area contributed by atoms with E-state index in [9.17, 15) is 4.79 Å². The summed E-state index contributed by atoms with van der Waals surface area (Å²) in [7, 11) is 0. The number of nitrogen functional groups attached to an aromatic ring is 1. The van der Waals surface area contributed by atoms with Crippen LogP contribution < -0.4 is 11.1 Å². The first-order valence-corrected chi connectivity index (χ1v) is 6.98. The summed E-state index contributed by atoms with van der Waals surface area (Å²) in [6.07, 6.45) is 1.65. The number of hydrogen-bond acceptors (Lipinski definition) is 4. The Morgan fingerprint density at radius 3 is 2.57 bits per heavy atom. The molecule has 5 heteroatoms. The van der Waals surface area contributed by atoms with Gasteiger partial charge in [0.25, 0.3) is 5.91 Å². The third kappa shape index (κ3) is 3.03. The second kappa shape index (κ2) is 5.93. The van der Waals surface area contributed by atoms with E-state index in [0.717, 1.165) is 37.3 Å². The number of piperazine rings is 1. The SMILES string of the molecule is Nc1[c]c(-c2ccc(C(=O)N3CCNCC3)cc2)ccn1. The number of hydrogen-bond donors (Lipinski definition) is 2. The molecule has 1 aromatic heterocycles. The highest BCUT2D eigenvalue weighted by molar-refractivity contribution is 5.94. The zero-order valence-corrected chi connectivity index (χ0v) is 11.7. The lowest BCUT2D eigenvalue weighted by molar-refractivity contribution is 0.0736. The minimum atomic E-state index is 0.0845. The molecule has 1 amide bonds. The van der Waals surface area contributed by atoms with Gasteiger partial charge in [-0.15, -0.1) is 0 Å². The van der Waals surface area contributed by atoms with Gasteiger partial charge in [0.1, 0.15) is 5.82 Å². The molecule has 0 aliphatic carbocycles. The molecular weight excluding hydrogens is 264 g/mol. The van der Waals surface area contributed by atoms with Gasteiger partial charge in [-0.05, 0) is 29.3 Å². The Hall–Kier alpha value is -2.40. The summed E-state index contributed by atoms with van der Waals surface area (Å²) in [6.45, 7) is 3.23. The van der Waals surface area contributed by atoms with Crippen LogP contribution in [0.15, 0.2) is 36.5 Å². The molecule has 1 fully saturated rings. The maximum atomic E-state index is 12.4. The van der Waals surface area contributed by atoms with Gasteiger partial charge in [-0.2, -0.15) is 0 Å². The van der Waals surface area contributed by atoms with Crippen molar-refractivity contribution in [2.75, 3.05) is 31.9 Å². The lowest BCUT2D eigenvalue weighted by Crippen LogP contribution is -2.46. The summed E-state index contributed by atoms with van der Waals surface area (Å²) in [5.74, 6) is 0.453. The molecular formula is C16H17N4O. The molecule has 1 aromatic carbocycles. The van der Waals surface area contributed by atoms with Crippen LogP contribution in [0.4, 0.5) is 5.82 Å². The highest BCUT2D eigenvalue weighted by atomic mass is 16.2. The molecule has 1 radical (unpaired) electrons. The number of pyridine rings is 1. The second-order valence-corrected chi connectivity index (χ2v) is 4.99. The summed E-state index contributed by atoms with van der Waals surface area (Å²) in [6, 6.07) is 12.4. The van der Waals surface area contributed by atoms with Crippen LogP contribution in [0.5, 0.6) is 0 Å². The molecule has 0 spiro atoms. The molecule has 2 aromatic rings. The first-order chi connectivity index (χ1) is 10.2. The van der Waals surface area contributed by atoms with Crippen LogP contribution in [-0.2, 0) is 0 Å². The Balaban J connectivity index is 1.79. The van der Waals surface area contributed by atoms with E-state index in [2.05, 4.69) is 16.4 Å². The number of benzene rings is 1. The van der Waals surface area contributed by atoms with Crippen molar-refractivity contribution in [1.82, 2.24) is 15.2 Å². The molecule has 3 rings (SSSR count). The fourth-order valence-electron chi connectivity index (χ4n) is 2.42. The molecule has 21 heavy (non-hydrogen) atoms. The number of aromatic nitrogens is 1. The Morgan fingerprint density at radius 2 is 1.90 bits per heavy atom. The molecule has 1 aliphatic rings. The maximum absolute atomic E-state index is 12.4. The molecule has 5 nitrogen and oxygen atoms in total. The monoisotopic (exact) mass is 281 g/mol. The number of anilines is 1. The zero-order valence-electron chi connectivity index (χ0n) is 11.7. The highest BCUT2D eigenvalue weighted by Crippen LogP contribution is 2.20. The van der Waals surface area contributed by atoms with E-state index in [1.54, 1.807) is 6.20 Å². The number of carbonyl (C=O) groups is 1. The number of nitrogens with one attached hydrogen (secondary N) is 1. The molecule has 1 aliphatic heterocycles. The van der Waals surface area contributed by atoms with Crippen molar-refractivity contribution in [2.45, 2.75) is 0 Å². The third-order valence-electron chi connectivity index (χ3n) is 3.56. The minimum Gasteiger partial charge on any atom is -0.383 e. The Labute approximate surface area is 123 Å². The Bertz CT molecular complexity index is 633. The molecule has 3 N–H and O–H groups in total. The first kappa shape index (κ1) is 13.6. The summed E-state index contributed by atoms with van der Waals surface area (Å²) in [5.41, 5.74) is 8.20. The van der Waals surface area contributed by atoms with Crippen molar-refractivity contribution >= 4 is 11.7 Å². The summed E-state index contributed by atoms with van der Waals surface area (Å²) in [4.78, 5) is 18.2. The Morgan fingerprint density at radius 1 is 1.19 bits per heavy atom. The zero-order chi connectivity index (χ0) is 14.7. The Kier molecular flexibility index (Phi) is 3.83. The van der Waals surface area contributed by atoms with Gasteiger partial charge in [0.05, 0.1) is 0 Å². The fraction of sp³-hybridized carbons (Fsp3) is 0.250. The van der Waals surface area contributed by atoms with Crippen LogP contribution in [0.25, 0.3) is 11.1 Å². The molecule has 1 saturated heterocycles. The first-order valence-electron chi connectivity index (χ1n) is 6.98. The van der Waals surface area contributed by atoms with Crippen molar-refractivity contribution in [1.29, 1.82) is 0 Å². The predicted octanol–water partition coefficient (Wildman–Crippen LogP) is 1.18. The summed E-state index contributed by atoms with van der Waals surface area (Å²) < 4.78 is 0. The minimum absolute atomic E-state index is 0.0845. The van der Waals surface area contributed by atoms with E-state index in [4.69, 9.17) is 5.73 Å². The molecule has 0 atom stereocenters. The van der Waals surface area contributed by atoms with Gasteiger partial charge in [-0.3, -0.25) is 4.79 Å². The fourth-order valence-corrected chi connectivity index (χ4v) is 2.42. The number of nitrogens with zero attached hydrogens (tertiary/aromatic N) is 2. The van der Waals surface area contributed by atoms with Crippen LogP contribution in [0.3, 0.4) is 0 Å². The molecule has 0 saturated carbocycles. The van der Waals surface area contributed by atoms with E-state index >= 15 is 0 Å². The lowest BCUT2D eigenvalue weighted by atomic mass is 10.0. The number of nitrogens with two attached hydrogens (primary N) is 1. The number of carbonyl (C=O) groups excluding carboxylic acids is 1. The van der Waals surface area contributed by atoms with Gasteiger partial charge in [0.15, 0.2) is 0 Å². The quantitative estimate of drug-likeness (QED) is 0.867. The topological polar surface area (TPSA) is 71.2 Å². The van der Waals surface area contributed by atoms with Crippen molar-refractivity contribution in [2.24, 2.45) is 0 Å². The van der Waals surface area contributed by atoms with Crippen LogP contribution in [0.1, 0.15) is 10.4 Å². The van der Waals surface area contributed by atoms with Crippen molar-refractivity contribution < 1.29 is 4.79 Å². The van der Waals surface area contributed by atoms with Crippen LogP contribution >= 0.6 is 0 Å². The average Bonchev–Trinajstić information content (AvgIpc) is 2.55. The van der Waals surface area contributed by atoms with Gasteiger partial charge in [-0.1, -0.05) is 12.1 Å². The van der Waals surface area contributed by atoms with E-state index in [1.165, 1.54) is 0 Å². The van der Waals surface area contributed by atoms with Gasteiger partial charge in [0.2, 0.25) is 0 Å². The van der Waals surface area contributed by atoms with Crippen LogP contribution in [0.2, 0.25) is 0 Å². The van der Waals surface area contributed by atoms with E-state index < -0.39 is 0 Å². The highest BCUT2D eigenvalue weighted by Gasteiger charge is 2.17. The molecule has 0 bridgehead atoms. The summed E-state index contributed by atoms with van der Waals surface area (Å²) >= 11 is 0. The standard InChI is InChI=1S/C16H17N4O/c17-15-11-14(5-6-19-15)12-1-3-13(4-2-12)16(21)20-9-7-18-8-10-20/h1-6,18H,7-10H2,(H2,17,19). The van der Waals surface area contributed by atoms with Gasteiger partial charge in [0, 0.05) is 44.0 Å². The normalized spacial score (nSPS) is 15.0. The van der Waals surface area contributed by atoms with Crippen LogP contribution in [0, 0.1) is 6.07 Å². The smallest absolute Gasteiger partial charge is 0.253 e. The maximum Gasteiger partial charge on any atom is 0.253 e. The van der Waals surface area contributed by atoms with E-state index in [0.29, 0.717) is 11.4 Å². The second-order valence-electron chi connectivity index (χ2n) is 4.99. The molecule has 107 valence electrons. The molecule has 0 unspecified atom stereocenters. The lowest BCUT2D eigenvalue weighted by Gasteiger charge is -2.27. The van der Waals surface area contributed by atoms with Gasteiger partial charge < -0.3 is 16.0 Å². The van der Waals surface area contributed by atoms with E-state index in [-0.39, 0.29) is 5.91 Å². The predicted molar refractivity (Wildman–Crippen MR) is 81.7 cm³/mol. The summed E-state index contributed by atoms with van der Waals surface area (Å²) in [5, 5.41) is 3.24. The van der Waals surface area contributed by atoms with Gasteiger partial charge in [-0.25, -0.2) is 4.98 Å².